The Morgan fingerprint density at radius 1 is 0.947 bits per heavy atom. The highest BCUT2D eigenvalue weighted by Gasteiger charge is 2.09. The summed E-state index contributed by atoms with van der Waals surface area (Å²) in [6, 6.07) is 0. The van der Waals surface area contributed by atoms with Gasteiger partial charge in [-0.15, -0.1) is 0 Å². The van der Waals surface area contributed by atoms with E-state index in [0.29, 0.717) is 25.0 Å². The summed E-state index contributed by atoms with van der Waals surface area (Å²) < 4.78 is 10.0. The summed E-state index contributed by atoms with van der Waals surface area (Å²) in [5.41, 5.74) is 0.276. The molecule has 0 aromatic rings. The number of carbonyl (C=O) groups excluding carboxylic acids is 2. The minimum Gasteiger partial charge on any atom is -0.463 e. The van der Waals surface area contributed by atoms with Gasteiger partial charge in [0.2, 0.25) is 0 Å². The second-order valence-electron chi connectivity index (χ2n) is 5.50. The molecular weight excluding hydrogens is 244 g/mol. The second-order valence-corrected chi connectivity index (χ2v) is 5.50. The summed E-state index contributed by atoms with van der Waals surface area (Å²) in [6.07, 6.45) is 2.83. The van der Waals surface area contributed by atoms with E-state index in [4.69, 9.17) is 9.47 Å². The average molecular weight is 270 g/mol. The van der Waals surface area contributed by atoms with E-state index in [2.05, 4.69) is 27.7 Å². The molecule has 0 saturated heterocycles. The molecule has 0 bridgehead atoms. The van der Waals surface area contributed by atoms with Gasteiger partial charge in [-0.05, 0) is 31.6 Å². The van der Waals surface area contributed by atoms with Crippen molar-refractivity contribution in [2.24, 2.45) is 11.8 Å². The van der Waals surface area contributed by atoms with Crippen LogP contribution in [-0.2, 0) is 19.1 Å². The van der Waals surface area contributed by atoms with Crippen LogP contribution in [0.3, 0.4) is 0 Å². The van der Waals surface area contributed by atoms with Crippen LogP contribution >= 0.6 is 0 Å². The van der Waals surface area contributed by atoms with Gasteiger partial charge in [0.15, 0.2) is 0 Å². The lowest BCUT2D eigenvalue weighted by Gasteiger charge is -2.07. The molecule has 0 heterocycles. The highest BCUT2D eigenvalue weighted by molar-refractivity contribution is 5.95. The number of hydrogen-bond acceptors (Lipinski definition) is 4. The van der Waals surface area contributed by atoms with Crippen LogP contribution < -0.4 is 0 Å². The van der Waals surface area contributed by atoms with Crippen molar-refractivity contribution >= 4 is 11.9 Å². The van der Waals surface area contributed by atoms with Gasteiger partial charge in [-0.1, -0.05) is 27.7 Å². The van der Waals surface area contributed by atoms with Gasteiger partial charge in [0.05, 0.1) is 13.2 Å². The van der Waals surface area contributed by atoms with Crippen LogP contribution in [0.4, 0.5) is 0 Å². The predicted molar refractivity (Wildman–Crippen MR) is 74.6 cm³/mol. The third-order valence-corrected chi connectivity index (χ3v) is 2.52. The van der Waals surface area contributed by atoms with Gasteiger partial charge in [0.1, 0.15) is 0 Å². The van der Waals surface area contributed by atoms with Crippen LogP contribution in [0.25, 0.3) is 0 Å². The zero-order valence-electron chi connectivity index (χ0n) is 12.7. The van der Waals surface area contributed by atoms with Crippen molar-refractivity contribution in [3.8, 4) is 0 Å². The minimum atomic E-state index is -0.487. The van der Waals surface area contributed by atoms with Crippen LogP contribution in [-0.4, -0.2) is 25.2 Å². The Morgan fingerprint density at radius 3 is 1.89 bits per heavy atom. The van der Waals surface area contributed by atoms with Crippen LogP contribution in [0.2, 0.25) is 0 Å². The van der Waals surface area contributed by atoms with Crippen molar-refractivity contribution in [2.45, 2.75) is 47.5 Å². The van der Waals surface area contributed by atoms with E-state index in [0.717, 1.165) is 12.8 Å². The second kappa shape index (κ2) is 9.59. The Bertz CT molecular complexity index is 316. The quantitative estimate of drug-likeness (QED) is 0.502. The summed E-state index contributed by atoms with van der Waals surface area (Å²) in [5.74, 6) is 0.0254. The van der Waals surface area contributed by atoms with Gasteiger partial charge in [-0.25, -0.2) is 9.59 Å². The van der Waals surface area contributed by atoms with Gasteiger partial charge in [-0.3, -0.25) is 0 Å². The molecule has 0 radical (unpaired) electrons. The van der Waals surface area contributed by atoms with Crippen molar-refractivity contribution in [1.82, 2.24) is 0 Å². The molecular formula is C15H26O4. The Kier molecular flexibility index (Phi) is 8.92. The van der Waals surface area contributed by atoms with Gasteiger partial charge in [0.25, 0.3) is 0 Å². The molecule has 110 valence electrons. The lowest BCUT2D eigenvalue weighted by molar-refractivity contribution is -0.141. The summed E-state index contributed by atoms with van der Waals surface area (Å²) >= 11 is 0. The summed E-state index contributed by atoms with van der Waals surface area (Å²) in [7, 11) is 0. The lowest BCUT2D eigenvalue weighted by atomic mass is 10.1. The first-order chi connectivity index (χ1) is 8.82. The number of rotatable bonds is 8. The third kappa shape index (κ3) is 10.3. The molecule has 0 fully saturated rings. The first-order valence-corrected chi connectivity index (χ1v) is 6.85. The van der Waals surface area contributed by atoms with Gasteiger partial charge in [0, 0.05) is 11.6 Å². The molecule has 4 nitrogen and oxygen atoms in total. The largest absolute Gasteiger partial charge is 0.463 e. The number of esters is 2. The standard InChI is InChI=1S/C15H26O4/c1-11(2)6-8-18-14(16)10-13(5)15(17)19-9-7-12(3)4/h10-12H,6-9H2,1-5H3/b13-10-. The van der Waals surface area contributed by atoms with Crippen molar-refractivity contribution in [2.75, 3.05) is 13.2 Å². The van der Waals surface area contributed by atoms with Crippen LogP contribution in [0.5, 0.6) is 0 Å². The van der Waals surface area contributed by atoms with E-state index < -0.39 is 11.9 Å². The fourth-order valence-electron chi connectivity index (χ4n) is 1.17. The molecule has 0 atom stereocenters. The summed E-state index contributed by atoms with van der Waals surface area (Å²) in [6.45, 7) is 10.5. The van der Waals surface area contributed by atoms with E-state index in [1.54, 1.807) is 6.92 Å². The smallest absolute Gasteiger partial charge is 0.333 e. The van der Waals surface area contributed by atoms with Gasteiger partial charge >= 0.3 is 11.9 Å². The molecule has 0 N–H and O–H groups in total. The maximum absolute atomic E-state index is 11.5. The van der Waals surface area contributed by atoms with E-state index >= 15 is 0 Å². The zero-order chi connectivity index (χ0) is 14.8. The number of ether oxygens (including phenoxy) is 2. The Labute approximate surface area is 116 Å². The number of carbonyl (C=O) groups is 2. The Hall–Kier alpha value is -1.32. The minimum absolute atomic E-state index is 0.276. The topological polar surface area (TPSA) is 52.6 Å². The average Bonchev–Trinajstić information content (AvgIpc) is 2.27. The molecule has 0 aliphatic carbocycles. The Morgan fingerprint density at radius 2 is 1.42 bits per heavy atom. The molecule has 0 saturated carbocycles. The lowest BCUT2D eigenvalue weighted by Crippen LogP contribution is -2.11. The van der Waals surface area contributed by atoms with Crippen molar-refractivity contribution in [1.29, 1.82) is 0 Å². The van der Waals surface area contributed by atoms with Crippen molar-refractivity contribution in [3.05, 3.63) is 11.6 Å². The van der Waals surface area contributed by atoms with Crippen molar-refractivity contribution in [3.63, 3.8) is 0 Å². The predicted octanol–water partition coefficient (Wildman–Crippen LogP) is 3.11. The van der Waals surface area contributed by atoms with E-state index in [9.17, 15) is 9.59 Å². The zero-order valence-corrected chi connectivity index (χ0v) is 12.7. The SMILES string of the molecule is C/C(=C/C(=O)OCCC(C)C)C(=O)OCCC(C)C. The molecule has 0 aromatic heterocycles. The Balaban J connectivity index is 4.01. The maximum Gasteiger partial charge on any atom is 0.333 e. The molecule has 0 rings (SSSR count). The van der Waals surface area contributed by atoms with E-state index in [1.165, 1.54) is 6.08 Å². The fraction of sp³-hybridized carbons (Fsp3) is 0.733. The molecule has 19 heavy (non-hydrogen) atoms. The summed E-state index contributed by atoms with van der Waals surface area (Å²) in [4.78, 5) is 23.0. The van der Waals surface area contributed by atoms with Crippen LogP contribution in [0.15, 0.2) is 11.6 Å². The first kappa shape index (κ1) is 17.7. The summed E-state index contributed by atoms with van der Waals surface area (Å²) in [5, 5.41) is 0. The third-order valence-electron chi connectivity index (χ3n) is 2.52. The van der Waals surface area contributed by atoms with E-state index in [-0.39, 0.29) is 5.57 Å². The first-order valence-electron chi connectivity index (χ1n) is 6.85. The van der Waals surface area contributed by atoms with Crippen LogP contribution in [0.1, 0.15) is 47.5 Å². The maximum atomic E-state index is 11.5. The van der Waals surface area contributed by atoms with Crippen molar-refractivity contribution < 1.29 is 19.1 Å². The molecule has 0 aliphatic rings. The highest BCUT2D eigenvalue weighted by Crippen LogP contribution is 2.04. The normalized spacial score (nSPS) is 11.8. The van der Waals surface area contributed by atoms with E-state index in [1.807, 2.05) is 0 Å². The molecule has 4 heteroatoms. The highest BCUT2D eigenvalue weighted by atomic mass is 16.5. The molecule has 0 spiro atoms. The van der Waals surface area contributed by atoms with Crippen LogP contribution in [0, 0.1) is 11.8 Å². The molecule has 0 unspecified atom stereocenters. The monoisotopic (exact) mass is 270 g/mol. The fourth-order valence-corrected chi connectivity index (χ4v) is 1.17. The molecule has 0 aliphatic heterocycles. The van der Waals surface area contributed by atoms with Gasteiger partial charge < -0.3 is 9.47 Å². The molecule has 0 aromatic carbocycles. The van der Waals surface area contributed by atoms with Gasteiger partial charge in [-0.2, -0.15) is 0 Å². The number of hydrogen-bond donors (Lipinski definition) is 0. The molecule has 0 amide bonds.